The maximum absolute atomic E-state index is 13.1. The van der Waals surface area contributed by atoms with Gasteiger partial charge in [-0.25, -0.2) is 9.37 Å². The fraction of sp³-hybridized carbons (Fsp3) is 0.188. The number of hydrogen-bond donors (Lipinski definition) is 1. The van der Waals surface area contributed by atoms with Crippen molar-refractivity contribution < 1.29 is 9.18 Å². The van der Waals surface area contributed by atoms with Gasteiger partial charge in [-0.2, -0.15) is 0 Å². The lowest BCUT2D eigenvalue weighted by molar-refractivity contribution is -0.117. The first-order chi connectivity index (χ1) is 11.4. The zero-order valence-electron chi connectivity index (χ0n) is 12.9. The van der Waals surface area contributed by atoms with Gasteiger partial charge in [-0.3, -0.25) is 14.2 Å². The number of benzene rings is 1. The first-order valence-electron chi connectivity index (χ1n) is 7.08. The van der Waals surface area contributed by atoms with E-state index in [2.05, 4.69) is 4.98 Å². The van der Waals surface area contributed by atoms with Gasteiger partial charge in [-0.15, -0.1) is 11.3 Å². The van der Waals surface area contributed by atoms with Crippen molar-refractivity contribution >= 4 is 39.2 Å². The van der Waals surface area contributed by atoms with Crippen molar-refractivity contribution in [3.8, 4) is 11.1 Å². The van der Waals surface area contributed by atoms with Crippen molar-refractivity contribution in [2.45, 2.75) is 17.3 Å². The predicted molar refractivity (Wildman–Crippen MR) is 94.8 cm³/mol. The SMILES string of the molecule is C[C@H](Sc1nc2scc(-c3ccc(F)cc3)c2c(=O)n1C)C(N)=O. The minimum Gasteiger partial charge on any atom is -0.369 e. The number of fused-ring (bicyclic) bond motifs is 1. The lowest BCUT2D eigenvalue weighted by Gasteiger charge is -2.10. The number of halogens is 1. The molecule has 3 rings (SSSR count). The summed E-state index contributed by atoms with van der Waals surface area (Å²) in [6.45, 7) is 1.67. The van der Waals surface area contributed by atoms with E-state index in [9.17, 15) is 14.0 Å². The van der Waals surface area contributed by atoms with E-state index in [0.29, 0.717) is 15.4 Å². The molecule has 2 N–H and O–H groups in total. The largest absolute Gasteiger partial charge is 0.369 e. The molecule has 0 aliphatic rings. The second-order valence-electron chi connectivity index (χ2n) is 5.26. The number of hydrogen-bond acceptors (Lipinski definition) is 5. The Morgan fingerprint density at radius 3 is 2.67 bits per heavy atom. The van der Waals surface area contributed by atoms with Crippen LogP contribution in [0, 0.1) is 5.82 Å². The van der Waals surface area contributed by atoms with Gasteiger partial charge < -0.3 is 5.73 Å². The fourth-order valence-corrected chi connectivity index (χ4v) is 4.03. The van der Waals surface area contributed by atoms with Crippen molar-refractivity contribution in [2.75, 3.05) is 0 Å². The molecule has 8 heteroatoms. The van der Waals surface area contributed by atoms with E-state index in [1.165, 1.54) is 28.0 Å². The molecule has 0 fully saturated rings. The molecular formula is C16H14FN3O2S2. The molecule has 0 aliphatic heterocycles. The van der Waals surface area contributed by atoms with Gasteiger partial charge in [-0.05, 0) is 24.6 Å². The number of carbonyl (C=O) groups is 1. The fourth-order valence-electron chi connectivity index (χ4n) is 2.22. The second kappa shape index (κ2) is 6.37. The molecule has 0 aliphatic carbocycles. The minimum absolute atomic E-state index is 0.209. The van der Waals surface area contributed by atoms with Crippen LogP contribution in [0.5, 0.6) is 0 Å². The van der Waals surface area contributed by atoms with Gasteiger partial charge in [0, 0.05) is 18.0 Å². The van der Waals surface area contributed by atoms with E-state index in [0.717, 1.165) is 22.9 Å². The number of nitrogens with two attached hydrogens (primary N) is 1. The van der Waals surface area contributed by atoms with Crippen LogP contribution >= 0.6 is 23.1 Å². The van der Waals surface area contributed by atoms with Gasteiger partial charge in [-0.1, -0.05) is 23.9 Å². The lowest BCUT2D eigenvalue weighted by Crippen LogP contribution is -2.25. The molecule has 0 saturated heterocycles. The van der Waals surface area contributed by atoms with Crippen molar-refractivity contribution in [3.63, 3.8) is 0 Å². The molecular weight excluding hydrogens is 349 g/mol. The molecule has 2 aromatic heterocycles. The van der Waals surface area contributed by atoms with Crippen LogP contribution in [0.25, 0.3) is 21.3 Å². The van der Waals surface area contributed by atoms with E-state index in [4.69, 9.17) is 5.73 Å². The number of nitrogens with zero attached hydrogens (tertiary/aromatic N) is 2. The number of thioether (sulfide) groups is 1. The number of amides is 1. The molecule has 1 amide bonds. The average Bonchev–Trinajstić information content (AvgIpc) is 2.96. The maximum atomic E-state index is 13.1. The van der Waals surface area contributed by atoms with E-state index in [1.807, 2.05) is 5.38 Å². The summed E-state index contributed by atoms with van der Waals surface area (Å²) < 4.78 is 14.5. The Labute approximate surface area is 145 Å². The Morgan fingerprint density at radius 2 is 2.04 bits per heavy atom. The Kier molecular flexibility index (Phi) is 4.42. The topological polar surface area (TPSA) is 78.0 Å². The van der Waals surface area contributed by atoms with Gasteiger partial charge in [0.15, 0.2) is 5.16 Å². The van der Waals surface area contributed by atoms with Crippen LogP contribution in [0.4, 0.5) is 4.39 Å². The Balaban J connectivity index is 2.14. The normalized spacial score (nSPS) is 12.5. The van der Waals surface area contributed by atoms with Crippen molar-refractivity contribution in [3.05, 3.63) is 45.8 Å². The molecule has 0 bridgehead atoms. The van der Waals surface area contributed by atoms with Crippen LogP contribution in [-0.2, 0) is 11.8 Å². The summed E-state index contributed by atoms with van der Waals surface area (Å²) in [5.41, 5.74) is 6.55. The zero-order chi connectivity index (χ0) is 17.4. The van der Waals surface area contributed by atoms with Crippen molar-refractivity contribution in [1.82, 2.24) is 9.55 Å². The van der Waals surface area contributed by atoms with Crippen LogP contribution in [-0.4, -0.2) is 20.7 Å². The van der Waals surface area contributed by atoms with Crippen LogP contribution < -0.4 is 11.3 Å². The Morgan fingerprint density at radius 1 is 1.38 bits per heavy atom. The molecule has 5 nitrogen and oxygen atoms in total. The van der Waals surface area contributed by atoms with Gasteiger partial charge in [0.05, 0.1) is 10.6 Å². The Hall–Kier alpha value is -2.19. The highest BCUT2D eigenvalue weighted by Gasteiger charge is 2.19. The summed E-state index contributed by atoms with van der Waals surface area (Å²) in [5, 5.41) is 2.27. The number of carbonyl (C=O) groups excluding carboxylic acids is 1. The highest BCUT2D eigenvalue weighted by molar-refractivity contribution is 8.00. The lowest BCUT2D eigenvalue weighted by atomic mass is 10.1. The second-order valence-corrected chi connectivity index (χ2v) is 7.42. The molecule has 2 heterocycles. The molecule has 0 spiro atoms. The van der Waals surface area contributed by atoms with E-state index >= 15 is 0 Å². The molecule has 0 saturated carbocycles. The third-order valence-corrected chi connectivity index (χ3v) is 5.65. The number of aromatic nitrogens is 2. The van der Waals surface area contributed by atoms with E-state index in [-0.39, 0.29) is 11.4 Å². The molecule has 1 atom stereocenters. The maximum Gasteiger partial charge on any atom is 0.263 e. The highest BCUT2D eigenvalue weighted by Crippen LogP contribution is 2.32. The summed E-state index contributed by atoms with van der Waals surface area (Å²) >= 11 is 2.49. The van der Waals surface area contributed by atoms with Gasteiger partial charge >= 0.3 is 0 Å². The molecule has 0 unspecified atom stereocenters. The van der Waals surface area contributed by atoms with Crippen molar-refractivity contribution in [2.24, 2.45) is 12.8 Å². The smallest absolute Gasteiger partial charge is 0.263 e. The molecule has 1 aromatic carbocycles. The summed E-state index contributed by atoms with van der Waals surface area (Å²) in [6.07, 6.45) is 0. The molecule has 124 valence electrons. The number of primary amides is 1. The average molecular weight is 363 g/mol. The molecule has 0 radical (unpaired) electrons. The summed E-state index contributed by atoms with van der Waals surface area (Å²) in [7, 11) is 1.61. The van der Waals surface area contributed by atoms with Gasteiger partial charge in [0.2, 0.25) is 5.91 Å². The highest BCUT2D eigenvalue weighted by atomic mass is 32.2. The Bertz CT molecular complexity index is 979. The zero-order valence-corrected chi connectivity index (χ0v) is 14.6. The molecule has 24 heavy (non-hydrogen) atoms. The first-order valence-corrected chi connectivity index (χ1v) is 8.84. The van der Waals surface area contributed by atoms with Gasteiger partial charge in [0.25, 0.3) is 5.56 Å². The minimum atomic E-state index is -0.489. The number of rotatable bonds is 4. The standard InChI is InChI=1S/C16H14FN3O2S2/c1-8(13(18)21)24-16-19-14-12(15(22)20(16)2)11(7-23-14)9-3-5-10(17)6-4-9/h3-8H,1-2H3,(H2,18,21)/t8-/m0/s1. The van der Waals surface area contributed by atoms with Crippen LogP contribution in [0.1, 0.15) is 6.92 Å². The predicted octanol–water partition coefficient (Wildman–Crippen LogP) is 2.77. The van der Waals surface area contributed by atoms with Crippen LogP contribution in [0.15, 0.2) is 39.6 Å². The van der Waals surface area contributed by atoms with Crippen molar-refractivity contribution in [1.29, 1.82) is 0 Å². The van der Waals surface area contributed by atoms with E-state index < -0.39 is 11.2 Å². The monoisotopic (exact) mass is 363 g/mol. The third kappa shape index (κ3) is 2.94. The first kappa shape index (κ1) is 16.7. The summed E-state index contributed by atoms with van der Waals surface area (Å²) in [5.74, 6) is -0.795. The van der Waals surface area contributed by atoms with Gasteiger partial charge in [0.1, 0.15) is 10.6 Å². The third-order valence-electron chi connectivity index (χ3n) is 3.61. The summed E-state index contributed by atoms with van der Waals surface area (Å²) in [4.78, 5) is 29.1. The number of thiophene rings is 1. The summed E-state index contributed by atoms with van der Waals surface area (Å²) in [6, 6.07) is 5.98. The molecule has 3 aromatic rings. The van der Waals surface area contributed by atoms with Crippen LogP contribution in [0.3, 0.4) is 0 Å². The van der Waals surface area contributed by atoms with E-state index in [1.54, 1.807) is 26.1 Å². The quantitative estimate of drug-likeness (QED) is 0.571. The van der Waals surface area contributed by atoms with Crippen LogP contribution in [0.2, 0.25) is 0 Å².